The molecule has 0 atom stereocenters. The molecule has 0 fully saturated rings. The fourth-order valence-corrected chi connectivity index (χ4v) is 5.64. The summed E-state index contributed by atoms with van der Waals surface area (Å²) in [6, 6.07) is 14.6. The third-order valence-corrected chi connectivity index (χ3v) is 7.32. The molecule has 0 saturated heterocycles. The van der Waals surface area contributed by atoms with Crippen molar-refractivity contribution in [2.45, 2.75) is 9.24 Å². The quantitative estimate of drug-likeness (QED) is 0.591. The Balaban J connectivity index is 1.61. The third-order valence-electron chi connectivity index (χ3n) is 3.30. The van der Waals surface area contributed by atoms with Gasteiger partial charge in [0, 0.05) is 16.7 Å². The molecule has 0 unspecified atom stereocenters. The Morgan fingerprint density at radius 2 is 1.75 bits per heavy atom. The molecule has 1 heterocycles. The summed E-state index contributed by atoms with van der Waals surface area (Å²) in [4.78, 5) is 4.81. The van der Waals surface area contributed by atoms with Crippen LogP contribution in [0.25, 0.3) is 11.3 Å². The van der Waals surface area contributed by atoms with Crippen molar-refractivity contribution in [3.8, 4) is 11.3 Å². The van der Waals surface area contributed by atoms with E-state index in [1.807, 2.05) is 5.38 Å². The number of benzene rings is 2. The number of nitrogens with zero attached hydrogens (tertiary/aromatic N) is 1. The average molecular weight is 380 g/mol. The Hall–Kier alpha value is -1.70. The lowest BCUT2D eigenvalue weighted by atomic mass is 10.2. The van der Waals surface area contributed by atoms with Gasteiger partial charge in [-0.05, 0) is 36.4 Å². The predicted octanol–water partition coefficient (Wildman–Crippen LogP) is 4.52. The first-order chi connectivity index (χ1) is 11.5. The minimum Gasteiger partial charge on any atom is -0.230 e. The first-order valence-electron chi connectivity index (χ1n) is 7.17. The second-order valence-corrected chi connectivity index (χ2v) is 9.30. The van der Waals surface area contributed by atoms with E-state index in [0.717, 1.165) is 15.6 Å². The highest BCUT2D eigenvalue weighted by Crippen LogP contribution is 2.28. The van der Waals surface area contributed by atoms with Gasteiger partial charge < -0.3 is 0 Å². The maximum absolute atomic E-state index is 12.9. The van der Waals surface area contributed by atoms with Gasteiger partial charge in [-0.1, -0.05) is 30.0 Å². The van der Waals surface area contributed by atoms with E-state index in [0.29, 0.717) is 10.6 Å². The van der Waals surface area contributed by atoms with Gasteiger partial charge in [-0.25, -0.2) is 17.8 Å². The normalized spacial score (nSPS) is 11.5. The molecule has 0 aliphatic carbocycles. The monoisotopic (exact) mass is 379 g/mol. The molecule has 0 saturated carbocycles. The van der Waals surface area contributed by atoms with Crippen molar-refractivity contribution in [3.63, 3.8) is 0 Å². The van der Waals surface area contributed by atoms with E-state index in [-0.39, 0.29) is 11.6 Å². The summed E-state index contributed by atoms with van der Waals surface area (Å²) in [6.07, 6.45) is 0. The van der Waals surface area contributed by atoms with Crippen LogP contribution in [0.5, 0.6) is 0 Å². The van der Waals surface area contributed by atoms with Crippen molar-refractivity contribution < 1.29 is 12.8 Å². The number of rotatable bonds is 6. The zero-order chi connectivity index (χ0) is 17.0. The summed E-state index contributed by atoms with van der Waals surface area (Å²) in [5.41, 5.74) is 1.62. The third kappa shape index (κ3) is 4.23. The lowest BCUT2D eigenvalue weighted by molar-refractivity contribution is 0.597. The van der Waals surface area contributed by atoms with E-state index >= 15 is 0 Å². The minimum absolute atomic E-state index is 0.0626. The highest BCUT2D eigenvalue weighted by atomic mass is 32.2. The second-order valence-electron chi connectivity index (χ2n) is 4.99. The standard InChI is InChI=1S/C17H14FNO2S3/c18-14-8-6-13(7-9-14)16-12-23-17(19-16)22-10-11-24(20,21)15-4-2-1-3-5-15/h1-9,12H,10-11H2. The molecule has 1 aromatic heterocycles. The largest absolute Gasteiger partial charge is 0.230 e. The number of halogens is 1. The molecule has 3 nitrogen and oxygen atoms in total. The van der Waals surface area contributed by atoms with Crippen LogP contribution in [0.2, 0.25) is 0 Å². The molecular formula is C17H14FNO2S3. The Labute approximate surface area is 148 Å². The molecule has 0 radical (unpaired) electrons. The summed E-state index contributed by atoms with van der Waals surface area (Å²) < 4.78 is 38.2. The summed E-state index contributed by atoms with van der Waals surface area (Å²) >= 11 is 2.87. The van der Waals surface area contributed by atoms with Crippen LogP contribution < -0.4 is 0 Å². The Bertz CT molecular complexity index is 907. The highest BCUT2D eigenvalue weighted by molar-refractivity contribution is 8.02. The van der Waals surface area contributed by atoms with Gasteiger partial charge in [-0.2, -0.15) is 0 Å². The lowest BCUT2D eigenvalue weighted by Gasteiger charge is -2.03. The molecule has 0 N–H and O–H groups in total. The summed E-state index contributed by atoms with van der Waals surface area (Å²) in [5.74, 6) is 0.218. The summed E-state index contributed by atoms with van der Waals surface area (Å²) in [6.45, 7) is 0. The van der Waals surface area contributed by atoms with Crippen LogP contribution in [0.4, 0.5) is 4.39 Å². The maximum Gasteiger partial charge on any atom is 0.179 e. The van der Waals surface area contributed by atoms with E-state index in [1.165, 1.54) is 35.2 Å². The number of thiazole rings is 1. The van der Waals surface area contributed by atoms with Crippen molar-refractivity contribution in [2.24, 2.45) is 0 Å². The maximum atomic E-state index is 12.9. The molecule has 3 aromatic rings. The van der Waals surface area contributed by atoms with Crippen LogP contribution in [0, 0.1) is 5.82 Å². The van der Waals surface area contributed by atoms with E-state index < -0.39 is 9.84 Å². The van der Waals surface area contributed by atoms with Crippen molar-refractivity contribution in [1.29, 1.82) is 0 Å². The molecule has 0 amide bonds. The van der Waals surface area contributed by atoms with Crippen LogP contribution in [0.3, 0.4) is 0 Å². The molecule has 0 bridgehead atoms. The Kier molecular flexibility index (Phi) is 5.33. The molecule has 0 aliphatic rings. The summed E-state index contributed by atoms with van der Waals surface area (Å²) in [7, 11) is -3.27. The van der Waals surface area contributed by atoms with Gasteiger partial charge in [0.25, 0.3) is 0 Å². The van der Waals surface area contributed by atoms with Crippen LogP contribution in [0.15, 0.2) is 69.2 Å². The summed E-state index contributed by atoms with van der Waals surface area (Å²) in [5, 5.41) is 1.89. The highest BCUT2D eigenvalue weighted by Gasteiger charge is 2.14. The SMILES string of the molecule is O=S(=O)(CCSc1nc(-c2ccc(F)cc2)cs1)c1ccccc1. The van der Waals surface area contributed by atoms with E-state index in [2.05, 4.69) is 4.98 Å². The molecular weight excluding hydrogens is 365 g/mol. The van der Waals surface area contributed by atoms with Crippen molar-refractivity contribution in [3.05, 3.63) is 65.8 Å². The molecule has 3 rings (SSSR count). The van der Waals surface area contributed by atoms with Crippen molar-refractivity contribution in [1.82, 2.24) is 4.98 Å². The molecule has 2 aromatic carbocycles. The van der Waals surface area contributed by atoms with Crippen LogP contribution in [0.1, 0.15) is 0 Å². The van der Waals surface area contributed by atoms with Crippen molar-refractivity contribution in [2.75, 3.05) is 11.5 Å². The smallest absolute Gasteiger partial charge is 0.179 e. The zero-order valence-corrected chi connectivity index (χ0v) is 15.0. The topological polar surface area (TPSA) is 47.0 Å². The minimum atomic E-state index is -3.27. The van der Waals surface area contributed by atoms with E-state index in [9.17, 15) is 12.8 Å². The van der Waals surface area contributed by atoms with Crippen LogP contribution in [-0.4, -0.2) is 24.9 Å². The van der Waals surface area contributed by atoms with Crippen molar-refractivity contribution >= 4 is 32.9 Å². The molecule has 24 heavy (non-hydrogen) atoms. The first kappa shape index (κ1) is 17.1. The molecule has 7 heteroatoms. The molecule has 0 aliphatic heterocycles. The average Bonchev–Trinajstić information content (AvgIpc) is 3.05. The molecule has 0 spiro atoms. The predicted molar refractivity (Wildman–Crippen MR) is 96.7 cm³/mol. The fraction of sp³-hybridized carbons (Fsp3) is 0.118. The fourth-order valence-electron chi connectivity index (χ4n) is 2.06. The first-order valence-corrected chi connectivity index (χ1v) is 10.7. The van der Waals surface area contributed by atoms with E-state index in [4.69, 9.17) is 0 Å². The van der Waals surface area contributed by atoms with Crippen LogP contribution >= 0.6 is 23.1 Å². The van der Waals surface area contributed by atoms with Gasteiger partial charge in [0.15, 0.2) is 14.2 Å². The number of sulfone groups is 1. The van der Waals surface area contributed by atoms with E-state index in [1.54, 1.807) is 42.5 Å². The van der Waals surface area contributed by atoms with Crippen LogP contribution in [-0.2, 0) is 9.84 Å². The van der Waals surface area contributed by atoms with Gasteiger partial charge in [0.05, 0.1) is 16.3 Å². The zero-order valence-electron chi connectivity index (χ0n) is 12.6. The Morgan fingerprint density at radius 3 is 2.46 bits per heavy atom. The van der Waals surface area contributed by atoms with Gasteiger partial charge in [-0.3, -0.25) is 0 Å². The Morgan fingerprint density at radius 1 is 1.04 bits per heavy atom. The number of hydrogen-bond acceptors (Lipinski definition) is 5. The van der Waals surface area contributed by atoms with Gasteiger partial charge in [0.2, 0.25) is 0 Å². The molecule has 124 valence electrons. The number of hydrogen-bond donors (Lipinski definition) is 0. The van der Waals surface area contributed by atoms with Gasteiger partial charge >= 0.3 is 0 Å². The number of aromatic nitrogens is 1. The van der Waals surface area contributed by atoms with Gasteiger partial charge in [0.1, 0.15) is 5.82 Å². The lowest BCUT2D eigenvalue weighted by Crippen LogP contribution is -2.08. The van der Waals surface area contributed by atoms with Gasteiger partial charge in [-0.15, -0.1) is 11.3 Å². The number of thioether (sulfide) groups is 1. The second kappa shape index (κ2) is 7.46.